The summed E-state index contributed by atoms with van der Waals surface area (Å²) in [5, 5.41) is 0.700. The molecule has 4 heteroatoms. The molecule has 0 bridgehead atoms. The molecule has 0 amide bonds. The number of para-hydroxylation sites is 2. The van der Waals surface area contributed by atoms with Gasteiger partial charge in [-0.3, -0.25) is 9.78 Å². The molecule has 0 spiro atoms. The normalized spacial score (nSPS) is 10.7. The Labute approximate surface area is 127 Å². The molecule has 2 aromatic carbocycles. The summed E-state index contributed by atoms with van der Waals surface area (Å²) in [5.74, 6) is 0.00297. The number of fused-ring (bicyclic) bond motifs is 1. The van der Waals surface area contributed by atoms with Crippen LogP contribution in [0, 0.1) is 0 Å². The van der Waals surface area contributed by atoms with Crippen LogP contribution in [0.3, 0.4) is 0 Å². The molecule has 21 heavy (non-hydrogen) atoms. The second-order valence-corrected chi connectivity index (χ2v) is 5.23. The van der Waals surface area contributed by atoms with Gasteiger partial charge in [0.1, 0.15) is 5.69 Å². The van der Waals surface area contributed by atoms with Gasteiger partial charge in [-0.25, -0.2) is 4.98 Å². The van der Waals surface area contributed by atoms with Crippen LogP contribution in [-0.4, -0.2) is 15.8 Å². The summed E-state index contributed by atoms with van der Waals surface area (Å²) in [5.41, 5.74) is 3.05. The van der Waals surface area contributed by atoms with E-state index in [0.717, 1.165) is 16.6 Å². The summed E-state index contributed by atoms with van der Waals surface area (Å²) in [4.78, 5) is 20.8. The van der Waals surface area contributed by atoms with E-state index >= 15 is 0 Å². The smallest absolute Gasteiger partial charge is 0.183 e. The molecule has 1 aromatic heterocycles. The second-order valence-electron chi connectivity index (χ2n) is 4.79. The average Bonchev–Trinajstić information content (AvgIpc) is 2.53. The van der Waals surface area contributed by atoms with Gasteiger partial charge >= 0.3 is 0 Å². The standard InChI is InChI=1S/C17H13ClN2O/c18-13-8-5-12(6-9-13)7-10-17(21)16-11-19-14-3-1-2-4-15(14)20-16/h1-6,8-9,11H,7,10H2. The first-order valence-corrected chi connectivity index (χ1v) is 7.09. The van der Waals surface area contributed by atoms with Crippen LogP contribution >= 0.6 is 11.6 Å². The molecule has 104 valence electrons. The van der Waals surface area contributed by atoms with Gasteiger partial charge in [0, 0.05) is 11.4 Å². The van der Waals surface area contributed by atoms with Crippen LogP contribution in [0.4, 0.5) is 0 Å². The van der Waals surface area contributed by atoms with Gasteiger partial charge in [-0.05, 0) is 36.2 Å². The second kappa shape index (κ2) is 6.02. The van der Waals surface area contributed by atoms with Crippen LogP contribution in [-0.2, 0) is 6.42 Å². The highest BCUT2D eigenvalue weighted by Gasteiger charge is 2.09. The summed E-state index contributed by atoms with van der Waals surface area (Å²) in [6.45, 7) is 0. The molecule has 0 fully saturated rings. The quantitative estimate of drug-likeness (QED) is 0.681. The Bertz CT molecular complexity index is 784. The van der Waals surface area contributed by atoms with Gasteiger partial charge in [0.15, 0.2) is 5.78 Å². The minimum absolute atomic E-state index is 0.00297. The number of benzene rings is 2. The third-order valence-corrected chi connectivity index (χ3v) is 3.54. The van der Waals surface area contributed by atoms with Crippen LogP contribution in [0.5, 0.6) is 0 Å². The molecular formula is C17H13ClN2O. The summed E-state index contributed by atoms with van der Waals surface area (Å²) < 4.78 is 0. The largest absolute Gasteiger partial charge is 0.292 e. The number of hydrogen-bond donors (Lipinski definition) is 0. The van der Waals surface area contributed by atoms with Gasteiger partial charge in [0.2, 0.25) is 0 Å². The fourth-order valence-electron chi connectivity index (χ4n) is 2.13. The SMILES string of the molecule is O=C(CCc1ccc(Cl)cc1)c1cnc2ccccc2n1. The molecule has 0 aliphatic rings. The number of hydrogen-bond acceptors (Lipinski definition) is 3. The van der Waals surface area contributed by atoms with E-state index in [9.17, 15) is 4.79 Å². The summed E-state index contributed by atoms with van der Waals surface area (Å²) in [6, 6.07) is 15.1. The van der Waals surface area contributed by atoms with E-state index < -0.39 is 0 Å². The van der Waals surface area contributed by atoms with Gasteiger partial charge in [-0.15, -0.1) is 0 Å². The molecule has 3 aromatic rings. The van der Waals surface area contributed by atoms with Crippen molar-refractivity contribution < 1.29 is 4.79 Å². The van der Waals surface area contributed by atoms with E-state index in [-0.39, 0.29) is 5.78 Å². The first kappa shape index (κ1) is 13.7. The van der Waals surface area contributed by atoms with E-state index in [2.05, 4.69) is 9.97 Å². The lowest BCUT2D eigenvalue weighted by atomic mass is 10.1. The van der Waals surface area contributed by atoms with Gasteiger partial charge in [-0.2, -0.15) is 0 Å². The van der Waals surface area contributed by atoms with E-state index in [1.54, 1.807) is 6.20 Å². The number of nitrogens with zero attached hydrogens (tertiary/aromatic N) is 2. The minimum Gasteiger partial charge on any atom is -0.292 e. The lowest BCUT2D eigenvalue weighted by molar-refractivity contribution is 0.0978. The number of halogens is 1. The highest BCUT2D eigenvalue weighted by molar-refractivity contribution is 6.30. The molecule has 0 radical (unpaired) electrons. The Hall–Kier alpha value is -2.26. The molecule has 3 nitrogen and oxygen atoms in total. The van der Waals surface area contributed by atoms with Crippen molar-refractivity contribution >= 4 is 28.4 Å². The van der Waals surface area contributed by atoms with Crippen molar-refractivity contribution in [3.63, 3.8) is 0 Å². The maximum absolute atomic E-state index is 12.2. The van der Waals surface area contributed by atoms with E-state index in [0.29, 0.717) is 23.6 Å². The number of carbonyl (C=O) groups excluding carboxylic acids is 1. The zero-order valence-corrected chi connectivity index (χ0v) is 12.0. The zero-order chi connectivity index (χ0) is 14.7. The maximum Gasteiger partial charge on any atom is 0.183 e. The topological polar surface area (TPSA) is 42.9 Å². The Morgan fingerprint density at radius 3 is 2.48 bits per heavy atom. The number of aryl methyl sites for hydroxylation is 1. The molecule has 0 aliphatic heterocycles. The van der Waals surface area contributed by atoms with Crippen molar-refractivity contribution in [3.8, 4) is 0 Å². The van der Waals surface area contributed by atoms with Crippen LogP contribution < -0.4 is 0 Å². The van der Waals surface area contributed by atoms with Crippen LogP contribution in [0.2, 0.25) is 5.02 Å². The first-order valence-electron chi connectivity index (χ1n) is 6.72. The molecule has 0 unspecified atom stereocenters. The molecule has 0 atom stereocenters. The lowest BCUT2D eigenvalue weighted by Crippen LogP contribution is -2.05. The monoisotopic (exact) mass is 296 g/mol. The number of Topliss-reactive ketones (excluding diaryl/α,β-unsaturated/α-hetero) is 1. The Morgan fingerprint density at radius 1 is 1.00 bits per heavy atom. The minimum atomic E-state index is 0.00297. The molecule has 1 heterocycles. The molecule has 3 rings (SSSR count). The molecule has 0 saturated heterocycles. The molecule has 0 aliphatic carbocycles. The van der Waals surface area contributed by atoms with Crippen LogP contribution in [0.1, 0.15) is 22.5 Å². The third kappa shape index (κ3) is 3.26. The number of aromatic nitrogens is 2. The number of carbonyl (C=O) groups is 1. The zero-order valence-electron chi connectivity index (χ0n) is 11.3. The van der Waals surface area contributed by atoms with E-state index in [4.69, 9.17) is 11.6 Å². The summed E-state index contributed by atoms with van der Waals surface area (Å²) in [7, 11) is 0. The van der Waals surface area contributed by atoms with Crippen molar-refractivity contribution in [1.29, 1.82) is 0 Å². The molecular weight excluding hydrogens is 284 g/mol. The van der Waals surface area contributed by atoms with Crippen LogP contribution in [0.15, 0.2) is 54.7 Å². The number of rotatable bonds is 4. The Kier molecular flexibility index (Phi) is 3.93. The van der Waals surface area contributed by atoms with Gasteiger partial charge in [-0.1, -0.05) is 35.9 Å². The Balaban J connectivity index is 1.73. The predicted molar refractivity (Wildman–Crippen MR) is 83.6 cm³/mol. The summed E-state index contributed by atoms with van der Waals surface area (Å²) in [6.07, 6.45) is 2.63. The van der Waals surface area contributed by atoms with E-state index in [1.807, 2.05) is 48.5 Å². The highest BCUT2D eigenvalue weighted by atomic mass is 35.5. The molecule has 0 saturated carbocycles. The first-order chi connectivity index (χ1) is 10.2. The van der Waals surface area contributed by atoms with Crippen molar-refractivity contribution in [3.05, 3.63) is 71.0 Å². The lowest BCUT2D eigenvalue weighted by Gasteiger charge is -2.03. The fraction of sp³-hybridized carbons (Fsp3) is 0.118. The molecule has 0 N–H and O–H groups in total. The third-order valence-electron chi connectivity index (χ3n) is 3.29. The predicted octanol–water partition coefficient (Wildman–Crippen LogP) is 4.10. The fourth-order valence-corrected chi connectivity index (χ4v) is 2.25. The Morgan fingerprint density at radius 2 is 1.71 bits per heavy atom. The van der Waals surface area contributed by atoms with Crippen molar-refractivity contribution in [1.82, 2.24) is 9.97 Å². The van der Waals surface area contributed by atoms with Crippen LogP contribution in [0.25, 0.3) is 11.0 Å². The summed E-state index contributed by atoms with van der Waals surface area (Å²) >= 11 is 5.84. The van der Waals surface area contributed by atoms with Gasteiger partial charge < -0.3 is 0 Å². The van der Waals surface area contributed by atoms with E-state index in [1.165, 1.54) is 0 Å². The van der Waals surface area contributed by atoms with Gasteiger partial charge in [0.05, 0.1) is 17.2 Å². The average molecular weight is 297 g/mol. The highest BCUT2D eigenvalue weighted by Crippen LogP contribution is 2.13. The maximum atomic E-state index is 12.2. The van der Waals surface area contributed by atoms with Crippen molar-refractivity contribution in [2.75, 3.05) is 0 Å². The van der Waals surface area contributed by atoms with Gasteiger partial charge in [0.25, 0.3) is 0 Å². The van der Waals surface area contributed by atoms with Crippen molar-refractivity contribution in [2.45, 2.75) is 12.8 Å². The number of ketones is 1. The van der Waals surface area contributed by atoms with Crippen molar-refractivity contribution in [2.24, 2.45) is 0 Å².